The zero-order chi connectivity index (χ0) is 49.2. The standard InChI is InChI=1S/C63H120O5/c1-4-7-10-13-16-19-22-25-28-31-34-37-40-43-46-49-52-55-58-66-59-61(68-63(65)57-54-51-48-45-42-39-36-33-30-27-24-21-18-15-12-9-6-3)60-67-62(64)56-53-50-47-44-41-38-35-32-29-26-23-20-17-14-11-8-5-2/h26-27,29-30,61H,4-25,28,31-60H2,1-3H3/b29-26-,30-27-. The first-order valence-corrected chi connectivity index (χ1v) is 30.9. The van der Waals surface area contributed by atoms with E-state index in [1.807, 2.05) is 0 Å². The zero-order valence-electron chi connectivity index (χ0n) is 46.4. The molecule has 0 aliphatic carbocycles. The molecule has 402 valence electrons. The Hall–Kier alpha value is -1.62. The highest BCUT2D eigenvalue weighted by Crippen LogP contribution is 2.17. The Kier molecular flexibility index (Phi) is 58.3. The van der Waals surface area contributed by atoms with E-state index in [2.05, 4.69) is 45.1 Å². The molecule has 0 aliphatic rings. The van der Waals surface area contributed by atoms with E-state index >= 15 is 0 Å². The number of rotatable bonds is 58. The van der Waals surface area contributed by atoms with Crippen LogP contribution in [0.3, 0.4) is 0 Å². The molecule has 0 aromatic rings. The Labute approximate surface area is 426 Å². The second-order valence-corrected chi connectivity index (χ2v) is 21.0. The molecule has 0 saturated carbocycles. The van der Waals surface area contributed by atoms with E-state index in [0.717, 1.165) is 32.1 Å². The summed E-state index contributed by atoms with van der Waals surface area (Å²) in [5.74, 6) is -0.383. The second kappa shape index (κ2) is 59.7. The number of hydrogen-bond donors (Lipinski definition) is 0. The highest BCUT2D eigenvalue weighted by molar-refractivity contribution is 5.70. The van der Waals surface area contributed by atoms with Gasteiger partial charge in [-0.2, -0.15) is 0 Å². The minimum absolute atomic E-state index is 0.0886. The van der Waals surface area contributed by atoms with Crippen molar-refractivity contribution in [1.29, 1.82) is 0 Å². The van der Waals surface area contributed by atoms with E-state index < -0.39 is 6.10 Å². The van der Waals surface area contributed by atoms with Crippen LogP contribution in [0.5, 0.6) is 0 Å². The molecule has 0 amide bonds. The number of esters is 2. The number of carbonyl (C=O) groups is 2. The molecular weight excluding hydrogens is 837 g/mol. The van der Waals surface area contributed by atoms with Gasteiger partial charge in [0.1, 0.15) is 6.61 Å². The van der Waals surface area contributed by atoms with Crippen molar-refractivity contribution in [2.24, 2.45) is 0 Å². The van der Waals surface area contributed by atoms with Crippen LogP contribution in [-0.4, -0.2) is 37.9 Å². The Bertz CT molecular complexity index is 1040. The lowest BCUT2D eigenvalue weighted by molar-refractivity contribution is -0.163. The molecule has 68 heavy (non-hydrogen) atoms. The predicted molar refractivity (Wildman–Crippen MR) is 298 cm³/mol. The number of carbonyl (C=O) groups excluding carboxylic acids is 2. The van der Waals surface area contributed by atoms with Gasteiger partial charge >= 0.3 is 11.9 Å². The van der Waals surface area contributed by atoms with Gasteiger partial charge in [0.05, 0.1) is 6.61 Å². The number of hydrogen-bond acceptors (Lipinski definition) is 5. The molecule has 0 aromatic carbocycles. The topological polar surface area (TPSA) is 61.8 Å². The molecule has 5 heteroatoms. The van der Waals surface area contributed by atoms with Gasteiger partial charge in [0.2, 0.25) is 0 Å². The minimum Gasteiger partial charge on any atom is -0.462 e. The van der Waals surface area contributed by atoms with Gasteiger partial charge in [0.15, 0.2) is 6.10 Å². The predicted octanol–water partition coefficient (Wildman–Crippen LogP) is 21.1. The van der Waals surface area contributed by atoms with Crippen molar-refractivity contribution in [1.82, 2.24) is 0 Å². The first kappa shape index (κ1) is 66.4. The SMILES string of the molecule is CCCCCCCC/C=C\CCCCCCCCCC(=O)OCC(COCCCCCCCCCCCCCCCCCCCC)OC(=O)CCCCCCCCC/C=C\CCCCCCCC. The fourth-order valence-electron chi connectivity index (χ4n) is 9.33. The summed E-state index contributed by atoms with van der Waals surface area (Å²) in [6, 6.07) is 0. The van der Waals surface area contributed by atoms with Crippen molar-refractivity contribution in [3.8, 4) is 0 Å². The van der Waals surface area contributed by atoms with Crippen molar-refractivity contribution < 1.29 is 23.8 Å². The first-order valence-electron chi connectivity index (χ1n) is 30.9. The molecule has 0 bridgehead atoms. The van der Waals surface area contributed by atoms with Crippen LogP contribution >= 0.6 is 0 Å². The molecule has 5 nitrogen and oxygen atoms in total. The summed E-state index contributed by atoms with van der Waals surface area (Å²) in [4.78, 5) is 25.6. The van der Waals surface area contributed by atoms with Gasteiger partial charge in [-0.3, -0.25) is 9.59 Å². The van der Waals surface area contributed by atoms with E-state index in [0.29, 0.717) is 26.1 Å². The molecule has 0 heterocycles. The molecule has 0 aliphatic heterocycles. The van der Waals surface area contributed by atoms with Gasteiger partial charge < -0.3 is 14.2 Å². The van der Waals surface area contributed by atoms with Crippen LogP contribution in [-0.2, 0) is 23.8 Å². The van der Waals surface area contributed by atoms with E-state index in [1.54, 1.807) is 0 Å². The average Bonchev–Trinajstić information content (AvgIpc) is 3.34. The molecule has 1 unspecified atom stereocenters. The van der Waals surface area contributed by atoms with E-state index in [-0.39, 0.29) is 18.5 Å². The maximum Gasteiger partial charge on any atom is 0.306 e. The van der Waals surface area contributed by atoms with E-state index in [4.69, 9.17) is 14.2 Å². The van der Waals surface area contributed by atoms with Crippen molar-refractivity contribution in [2.75, 3.05) is 19.8 Å². The summed E-state index contributed by atoms with van der Waals surface area (Å²) in [5, 5.41) is 0. The summed E-state index contributed by atoms with van der Waals surface area (Å²) in [6.45, 7) is 7.89. The quantitative estimate of drug-likeness (QED) is 0.0345. The number of allylic oxidation sites excluding steroid dienone is 4. The van der Waals surface area contributed by atoms with Crippen LogP contribution in [0.1, 0.15) is 342 Å². The molecule has 0 rings (SSSR count). The van der Waals surface area contributed by atoms with Crippen molar-refractivity contribution in [2.45, 2.75) is 348 Å². The average molecular weight is 958 g/mol. The maximum atomic E-state index is 12.9. The lowest BCUT2D eigenvalue weighted by atomic mass is 10.0. The molecule has 0 saturated heterocycles. The third kappa shape index (κ3) is 57.0. The van der Waals surface area contributed by atoms with Crippen molar-refractivity contribution in [3.05, 3.63) is 24.3 Å². The van der Waals surface area contributed by atoms with E-state index in [1.165, 1.54) is 276 Å². The smallest absolute Gasteiger partial charge is 0.306 e. The summed E-state index contributed by atoms with van der Waals surface area (Å²) in [5.41, 5.74) is 0. The van der Waals surface area contributed by atoms with Gasteiger partial charge in [-0.25, -0.2) is 0 Å². The lowest BCUT2D eigenvalue weighted by Gasteiger charge is -2.18. The van der Waals surface area contributed by atoms with Gasteiger partial charge in [-0.1, -0.05) is 283 Å². The molecule has 0 spiro atoms. The van der Waals surface area contributed by atoms with Crippen LogP contribution in [0.15, 0.2) is 24.3 Å². The summed E-state index contributed by atoms with van der Waals surface area (Å²) >= 11 is 0. The van der Waals surface area contributed by atoms with Gasteiger partial charge in [0, 0.05) is 19.4 Å². The summed E-state index contributed by atoms with van der Waals surface area (Å²) < 4.78 is 17.5. The molecule has 1 atom stereocenters. The fraction of sp³-hybridized carbons (Fsp3) is 0.905. The van der Waals surface area contributed by atoms with Crippen molar-refractivity contribution >= 4 is 11.9 Å². The molecule has 0 N–H and O–H groups in total. The second-order valence-electron chi connectivity index (χ2n) is 21.0. The van der Waals surface area contributed by atoms with Gasteiger partial charge in [-0.15, -0.1) is 0 Å². The van der Waals surface area contributed by atoms with Crippen LogP contribution < -0.4 is 0 Å². The third-order valence-electron chi connectivity index (χ3n) is 14.0. The highest BCUT2D eigenvalue weighted by atomic mass is 16.6. The number of ether oxygens (including phenoxy) is 3. The minimum atomic E-state index is -0.535. The normalized spacial score (nSPS) is 12.2. The van der Waals surface area contributed by atoms with Crippen molar-refractivity contribution in [3.63, 3.8) is 0 Å². The zero-order valence-corrected chi connectivity index (χ0v) is 46.4. The maximum absolute atomic E-state index is 12.9. The fourth-order valence-corrected chi connectivity index (χ4v) is 9.33. The number of unbranched alkanes of at least 4 members (excludes halogenated alkanes) is 43. The molecular formula is C63H120O5. The summed E-state index contributed by atoms with van der Waals surface area (Å²) in [7, 11) is 0. The van der Waals surface area contributed by atoms with Crippen LogP contribution in [0, 0.1) is 0 Å². The van der Waals surface area contributed by atoms with Gasteiger partial charge in [0.25, 0.3) is 0 Å². The Morgan fingerprint density at radius 1 is 0.309 bits per heavy atom. The largest absolute Gasteiger partial charge is 0.462 e. The summed E-state index contributed by atoms with van der Waals surface area (Å²) in [6.07, 6.45) is 72.1. The molecule has 0 radical (unpaired) electrons. The Morgan fingerprint density at radius 3 is 0.897 bits per heavy atom. The monoisotopic (exact) mass is 957 g/mol. The van der Waals surface area contributed by atoms with E-state index in [9.17, 15) is 9.59 Å². The van der Waals surface area contributed by atoms with Gasteiger partial charge in [-0.05, 0) is 70.6 Å². The van der Waals surface area contributed by atoms with Crippen LogP contribution in [0.25, 0.3) is 0 Å². The van der Waals surface area contributed by atoms with Crippen LogP contribution in [0.2, 0.25) is 0 Å². The first-order chi connectivity index (χ1) is 33.6. The Balaban J connectivity index is 4.23. The highest BCUT2D eigenvalue weighted by Gasteiger charge is 2.18. The van der Waals surface area contributed by atoms with Crippen LogP contribution in [0.4, 0.5) is 0 Å². The molecule has 0 fully saturated rings. The lowest BCUT2D eigenvalue weighted by Crippen LogP contribution is -2.30. The third-order valence-corrected chi connectivity index (χ3v) is 14.0. The molecule has 0 aromatic heterocycles. The Morgan fingerprint density at radius 2 is 0.574 bits per heavy atom.